The van der Waals surface area contributed by atoms with Gasteiger partial charge < -0.3 is 4.90 Å². The van der Waals surface area contributed by atoms with E-state index in [2.05, 4.69) is 9.97 Å². The van der Waals surface area contributed by atoms with Crippen molar-refractivity contribution in [1.29, 1.82) is 4.78 Å². The number of alkyl halides is 3. The minimum absolute atomic E-state index is 0.00970. The molecule has 0 saturated carbocycles. The number of fused-ring (bicyclic) bond motifs is 1. The lowest BCUT2D eigenvalue weighted by atomic mass is 9.90. The van der Waals surface area contributed by atoms with Crippen LogP contribution in [0.4, 0.5) is 23.4 Å². The Kier molecular flexibility index (Phi) is 6.26. The van der Waals surface area contributed by atoms with Crippen LogP contribution in [0, 0.1) is 10.6 Å². The molecule has 1 fully saturated rings. The van der Waals surface area contributed by atoms with Gasteiger partial charge in [-0.1, -0.05) is 18.2 Å². The van der Waals surface area contributed by atoms with Crippen LogP contribution in [0.2, 0.25) is 0 Å². The highest BCUT2D eigenvalue weighted by molar-refractivity contribution is 7.86. The summed E-state index contributed by atoms with van der Waals surface area (Å²) in [6, 6.07) is 5.27. The van der Waals surface area contributed by atoms with Crippen molar-refractivity contribution in [2.24, 2.45) is 7.05 Å². The van der Waals surface area contributed by atoms with Gasteiger partial charge in [0, 0.05) is 37.7 Å². The van der Waals surface area contributed by atoms with Gasteiger partial charge in [-0.2, -0.15) is 0 Å². The summed E-state index contributed by atoms with van der Waals surface area (Å²) in [5.41, 5.74) is -2.70. The molecule has 0 spiro atoms. The Labute approximate surface area is 190 Å². The van der Waals surface area contributed by atoms with Crippen LogP contribution in [0.15, 0.2) is 35.4 Å². The van der Waals surface area contributed by atoms with E-state index in [1.165, 1.54) is 36.1 Å². The van der Waals surface area contributed by atoms with E-state index in [9.17, 15) is 18.0 Å². The van der Waals surface area contributed by atoms with E-state index >= 15 is 4.39 Å². The number of pyridine rings is 1. The van der Waals surface area contributed by atoms with E-state index < -0.39 is 39.7 Å². The second kappa shape index (κ2) is 8.85. The van der Waals surface area contributed by atoms with Crippen LogP contribution in [0.25, 0.3) is 11.0 Å². The highest BCUT2D eigenvalue weighted by Crippen LogP contribution is 2.37. The summed E-state index contributed by atoms with van der Waals surface area (Å²) in [5.74, 6) is 0.102. The Morgan fingerprint density at radius 3 is 2.64 bits per heavy atom. The zero-order chi connectivity index (χ0) is 23.9. The molecule has 0 aliphatic carbocycles. The van der Waals surface area contributed by atoms with Crippen LogP contribution in [-0.4, -0.2) is 33.1 Å². The monoisotopic (exact) mass is 481 g/mol. The number of halogens is 4. The maximum Gasteiger partial charge on any atom is 0.266 e. The Bertz CT molecular complexity index is 1290. The number of rotatable bonds is 5. The summed E-state index contributed by atoms with van der Waals surface area (Å²) in [6.45, 7) is -0.0703. The summed E-state index contributed by atoms with van der Waals surface area (Å²) in [6.07, 6.45) is -1.51. The van der Waals surface area contributed by atoms with Gasteiger partial charge in [-0.15, -0.1) is 10.7 Å². The summed E-state index contributed by atoms with van der Waals surface area (Å²) in [7, 11) is 2.50. The molecule has 0 radical (unpaired) electrons. The molecule has 4 rings (SSSR count). The molecule has 0 atom stereocenters. The highest BCUT2D eigenvalue weighted by atomic mass is 32.2. The first-order valence-corrected chi connectivity index (χ1v) is 11.9. The summed E-state index contributed by atoms with van der Waals surface area (Å²) in [4.78, 5) is 23.0. The number of nitrogens with zero attached hydrogens (tertiary/aromatic N) is 4. The molecule has 176 valence electrons. The molecule has 0 bridgehead atoms. The van der Waals surface area contributed by atoms with Gasteiger partial charge in [0.2, 0.25) is 0 Å². The Hall–Kier alpha value is -2.82. The van der Waals surface area contributed by atoms with Crippen LogP contribution < -0.4 is 10.5 Å². The third kappa shape index (κ3) is 4.25. The maximum absolute atomic E-state index is 15.8. The van der Waals surface area contributed by atoms with Gasteiger partial charge in [0.15, 0.2) is 0 Å². The van der Waals surface area contributed by atoms with E-state index in [4.69, 9.17) is 4.78 Å². The fourth-order valence-corrected chi connectivity index (χ4v) is 5.51. The second-order valence-electron chi connectivity index (χ2n) is 8.20. The van der Waals surface area contributed by atoms with Gasteiger partial charge in [0.25, 0.3) is 12.0 Å². The van der Waals surface area contributed by atoms with Crippen molar-refractivity contribution in [1.82, 2.24) is 14.5 Å². The first kappa shape index (κ1) is 23.3. The molecule has 11 heteroatoms. The predicted octanol–water partition coefficient (Wildman–Crippen LogP) is 4.38. The van der Waals surface area contributed by atoms with Gasteiger partial charge in [-0.05, 0) is 18.9 Å². The Morgan fingerprint density at radius 2 is 1.97 bits per heavy atom. The molecule has 1 aliphatic heterocycles. The summed E-state index contributed by atoms with van der Waals surface area (Å²) < 4.78 is 65.7. The zero-order valence-corrected chi connectivity index (χ0v) is 18.9. The van der Waals surface area contributed by atoms with Gasteiger partial charge in [0.1, 0.15) is 29.3 Å². The quantitative estimate of drug-likeness (QED) is 0.549. The van der Waals surface area contributed by atoms with Gasteiger partial charge in [-0.3, -0.25) is 14.1 Å². The van der Waals surface area contributed by atoms with Crippen molar-refractivity contribution in [3.8, 4) is 0 Å². The zero-order valence-electron chi connectivity index (χ0n) is 18.1. The topological polar surface area (TPSA) is 74.9 Å². The van der Waals surface area contributed by atoms with E-state index in [0.29, 0.717) is 22.7 Å². The number of nitrogens with one attached hydrogen (secondary N) is 1. The molecule has 33 heavy (non-hydrogen) atoms. The lowest BCUT2D eigenvalue weighted by Gasteiger charge is -2.30. The predicted molar refractivity (Wildman–Crippen MR) is 120 cm³/mol. The minimum atomic E-state index is -2.94. The van der Waals surface area contributed by atoms with Gasteiger partial charge in [-0.25, -0.2) is 27.5 Å². The summed E-state index contributed by atoms with van der Waals surface area (Å²) >= 11 is 0. The molecule has 1 N–H and O–H groups in total. The molecule has 3 aromatic rings. The van der Waals surface area contributed by atoms with Crippen LogP contribution >= 0.6 is 0 Å². The fourth-order valence-electron chi connectivity index (χ4n) is 4.17. The molecule has 0 unspecified atom stereocenters. The smallest absolute Gasteiger partial charge is 0.266 e. The van der Waals surface area contributed by atoms with E-state index in [1.54, 1.807) is 11.9 Å². The van der Waals surface area contributed by atoms with Crippen molar-refractivity contribution >= 4 is 27.5 Å². The lowest BCUT2D eigenvalue weighted by Crippen LogP contribution is -2.37. The van der Waals surface area contributed by atoms with Gasteiger partial charge >= 0.3 is 0 Å². The molecular weight excluding hydrogens is 458 g/mol. The van der Waals surface area contributed by atoms with Crippen LogP contribution in [0.5, 0.6) is 0 Å². The maximum atomic E-state index is 15.8. The lowest BCUT2D eigenvalue weighted by molar-refractivity contribution is 0.146. The molecule has 1 aliphatic rings. The van der Waals surface area contributed by atoms with Crippen LogP contribution in [-0.2, 0) is 30.0 Å². The summed E-state index contributed by atoms with van der Waals surface area (Å²) in [5, 5.41) is 0.398. The fraction of sp³-hybridized carbons (Fsp3) is 0.409. The standard InChI is InChI=1S/C22H23F4N5OS/c1-30(11-13-4-3-5-14(17(13)23)18(24)25)19-15-10-16(22(26)6-8-33(27)9-7-22)21(32)31(2)20(15)29-12-28-19/h3-5,10,12,18,27H,6-9,11H2,1-2H3. The molecule has 1 saturated heterocycles. The number of hydrogen-bond acceptors (Lipinski definition) is 5. The van der Waals surface area contributed by atoms with Crippen LogP contribution in [0.1, 0.15) is 36.0 Å². The molecule has 0 amide bonds. The van der Waals surface area contributed by atoms with E-state index in [1.807, 2.05) is 0 Å². The normalized spacial score (nSPS) is 21.0. The van der Waals surface area contributed by atoms with Crippen molar-refractivity contribution in [3.05, 3.63) is 63.5 Å². The highest BCUT2D eigenvalue weighted by Gasteiger charge is 2.38. The molecule has 6 nitrogen and oxygen atoms in total. The number of hydrogen-bond donors (Lipinski definition) is 1. The third-order valence-corrected chi connectivity index (χ3v) is 7.46. The average Bonchev–Trinajstić information content (AvgIpc) is 2.79. The first-order chi connectivity index (χ1) is 15.6. The number of benzene rings is 1. The van der Waals surface area contributed by atoms with Crippen molar-refractivity contribution in [2.45, 2.75) is 31.5 Å². The van der Waals surface area contributed by atoms with Crippen LogP contribution in [0.3, 0.4) is 0 Å². The van der Waals surface area contributed by atoms with Crippen molar-refractivity contribution < 1.29 is 17.6 Å². The molecule has 3 heterocycles. The third-order valence-electron chi connectivity index (χ3n) is 6.07. The minimum Gasteiger partial charge on any atom is -0.355 e. The first-order valence-electron chi connectivity index (χ1n) is 10.3. The Balaban J connectivity index is 1.79. The van der Waals surface area contributed by atoms with E-state index in [-0.39, 0.29) is 36.2 Å². The van der Waals surface area contributed by atoms with Gasteiger partial charge in [0.05, 0.1) is 16.5 Å². The molecule has 2 aromatic heterocycles. The Morgan fingerprint density at radius 1 is 1.27 bits per heavy atom. The average molecular weight is 482 g/mol. The molecule has 1 aromatic carbocycles. The number of aryl methyl sites for hydroxylation is 1. The number of aromatic nitrogens is 3. The second-order valence-corrected chi connectivity index (χ2v) is 10.0. The SMILES string of the molecule is CN(Cc1cccc(C(F)F)c1F)c1ncnc2c1cc(C1(F)CCS(=N)CC1)c(=O)n2C. The van der Waals surface area contributed by atoms with E-state index in [0.717, 1.165) is 6.07 Å². The molecular formula is C22H23F4N5OS. The van der Waals surface area contributed by atoms with Crippen molar-refractivity contribution in [3.63, 3.8) is 0 Å². The largest absolute Gasteiger partial charge is 0.355 e. The number of anilines is 1. The van der Waals surface area contributed by atoms with Crippen molar-refractivity contribution in [2.75, 3.05) is 23.5 Å².